The van der Waals surface area contributed by atoms with Gasteiger partial charge in [0, 0.05) is 24.0 Å². The van der Waals surface area contributed by atoms with E-state index >= 15 is 0 Å². The molecule has 1 aliphatic rings. The molecule has 0 aliphatic heterocycles. The Kier molecular flexibility index (Phi) is 3.23. The molecular formula is C15H19N3O. The summed E-state index contributed by atoms with van der Waals surface area (Å²) in [5, 5.41) is 3.13. The van der Waals surface area contributed by atoms with Crippen LogP contribution in [0.4, 0.5) is 0 Å². The van der Waals surface area contributed by atoms with E-state index < -0.39 is 0 Å². The molecule has 100 valence electrons. The molecule has 0 atom stereocenters. The molecule has 0 radical (unpaired) electrons. The number of hydrogen-bond donors (Lipinski definition) is 1. The van der Waals surface area contributed by atoms with Crippen molar-refractivity contribution >= 4 is 11.6 Å². The van der Waals surface area contributed by atoms with E-state index in [0.29, 0.717) is 11.6 Å². The molecule has 2 heterocycles. The van der Waals surface area contributed by atoms with Crippen LogP contribution in [0.5, 0.6) is 0 Å². The minimum absolute atomic E-state index is 0.0232. The first-order valence-corrected chi connectivity index (χ1v) is 6.98. The summed E-state index contributed by atoms with van der Waals surface area (Å²) < 4.78 is 1.94. The normalized spacial score (nSPS) is 16.7. The Morgan fingerprint density at radius 2 is 2.16 bits per heavy atom. The Morgan fingerprint density at radius 1 is 1.37 bits per heavy atom. The van der Waals surface area contributed by atoms with Crippen molar-refractivity contribution in [3.63, 3.8) is 0 Å². The summed E-state index contributed by atoms with van der Waals surface area (Å²) in [6.07, 6.45) is 9.81. The minimum atomic E-state index is 0.0232. The fraction of sp³-hybridized carbons (Fsp3) is 0.467. The number of carbonyl (C=O) groups excluding carboxylic acids is 1. The third-order valence-corrected chi connectivity index (χ3v) is 3.78. The van der Waals surface area contributed by atoms with E-state index in [1.54, 1.807) is 0 Å². The molecule has 1 saturated carbocycles. The van der Waals surface area contributed by atoms with Crippen molar-refractivity contribution < 1.29 is 4.79 Å². The number of aryl methyl sites for hydroxylation is 1. The van der Waals surface area contributed by atoms with Crippen LogP contribution < -0.4 is 5.32 Å². The topological polar surface area (TPSA) is 46.4 Å². The molecule has 4 heteroatoms. The molecule has 19 heavy (non-hydrogen) atoms. The molecule has 0 spiro atoms. The van der Waals surface area contributed by atoms with E-state index in [1.165, 1.54) is 19.3 Å². The highest BCUT2D eigenvalue weighted by Crippen LogP contribution is 2.18. The van der Waals surface area contributed by atoms with Gasteiger partial charge in [0.1, 0.15) is 5.65 Å². The van der Waals surface area contributed by atoms with Gasteiger partial charge in [0.15, 0.2) is 0 Å². The number of aromatic nitrogens is 2. The second-order valence-corrected chi connectivity index (χ2v) is 5.37. The molecule has 3 rings (SSSR count). The van der Waals surface area contributed by atoms with E-state index in [9.17, 15) is 4.79 Å². The highest BCUT2D eigenvalue weighted by atomic mass is 16.1. The Labute approximate surface area is 112 Å². The van der Waals surface area contributed by atoms with Crippen molar-refractivity contribution in [3.8, 4) is 0 Å². The molecule has 0 saturated heterocycles. The maximum atomic E-state index is 12.2. The lowest BCUT2D eigenvalue weighted by Gasteiger charge is -2.22. The van der Waals surface area contributed by atoms with Crippen LogP contribution in [0.25, 0.3) is 5.65 Å². The molecule has 4 nitrogen and oxygen atoms in total. The molecule has 2 aromatic rings. The van der Waals surface area contributed by atoms with Crippen molar-refractivity contribution in [2.45, 2.75) is 45.1 Å². The smallest absolute Gasteiger partial charge is 0.251 e. The summed E-state index contributed by atoms with van der Waals surface area (Å²) >= 11 is 0. The van der Waals surface area contributed by atoms with Crippen LogP contribution in [0.1, 0.15) is 48.2 Å². The van der Waals surface area contributed by atoms with Crippen molar-refractivity contribution in [2.75, 3.05) is 0 Å². The Balaban J connectivity index is 1.76. The summed E-state index contributed by atoms with van der Waals surface area (Å²) in [6, 6.07) is 4.05. The predicted molar refractivity (Wildman–Crippen MR) is 74.3 cm³/mol. The SMILES string of the molecule is Cc1cn2ccc(C(=O)NC3CCCCC3)cc2n1. The summed E-state index contributed by atoms with van der Waals surface area (Å²) in [7, 11) is 0. The summed E-state index contributed by atoms with van der Waals surface area (Å²) in [5.74, 6) is 0.0232. The standard InChI is InChI=1S/C15H19N3O/c1-11-10-18-8-7-12(9-14(18)16-11)15(19)17-13-5-3-2-4-6-13/h7-10,13H,2-6H2,1H3,(H,17,19). The van der Waals surface area contributed by atoms with E-state index in [0.717, 1.165) is 24.2 Å². The summed E-state index contributed by atoms with van der Waals surface area (Å²) in [5.41, 5.74) is 2.49. The van der Waals surface area contributed by atoms with E-state index in [4.69, 9.17) is 0 Å². The molecule has 0 aromatic carbocycles. The number of hydrogen-bond acceptors (Lipinski definition) is 2. The first-order valence-electron chi connectivity index (χ1n) is 6.98. The Hall–Kier alpha value is -1.84. The van der Waals surface area contributed by atoms with Gasteiger partial charge in [-0.05, 0) is 31.9 Å². The monoisotopic (exact) mass is 257 g/mol. The lowest BCUT2D eigenvalue weighted by Crippen LogP contribution is -2.36. The fourth-order valence-corrected chi connectivity index (χ4v) is 2.77. The number of imidazole rings is 1. The van der Waals surface area contributed by atoms with Crippen LogP contribution >= 0.6 is 0 Å². The number of rotatable bonds is 2. The van der Waals surface area contributed by atoms with Gasteiger partial charge >= 0.3 is 0 Å². The quantitative estimate of drug-likeness (QED) is 0.899. The first-order chi connectivity index (χ1) is 9.22. The lowest BCUT2D eigenvalue weighted by atomic mass is 9.95. The van der Waals surface area contributed by atoms with E-state index in [-0.39, 0.29) is 5.91 Å². The van der Waals surface area contributed by atoms with Crippen molar-refractivity contribution in [1.82, 2.24) is 14.7 Å². The van der Waals surface area contributed by atoms with Crippen molar-refractivity contribution in [2.24, 2.45) is 0 Å². The maximum Gasteiger partial charge on any atom is 0.251 e. The molecular weight excluding hydrogens is 238 g/mol. The largest absolute Gasteiger partial charge is 0.349 e. The average molecular weight is 257 g/mol. The molecule has 1 amide bonds. The zero-order valence-electron chi connectivity index (χ0n) is 11.2. The van der Waals surface area contributed by atoms with Crippen LogP contribution in [0, 0.1) is 6.92 Å². The number of carbonyl (C=O) groups is 1. The van der Waals surface area contributed by atoms with Gasteiger partial charge in [-0.25, -0.2) is 4.98 Å². The van der Waals surface area contributed by atoms with Gasteiger partial charge in [0.25, 0.3) is 5.91 Å². The van der Waals surface area contributed by atoms with Crippen molar-refractivity contribution in [3.05, 3.63) is 35.8 Å². The van der Waals surface area contributed by atoms with Gasteiger partial charge < -0.3 is 9.72 Å². The predicted octanol–water partition coefficient (Wildman–Crippen LogP) is 2.71. The first kappa shape index (κ1) is 12.2. The minimum Gasteiger partial charge on any atom is -0.349 e. The van der Waals surface area contributed by atoms with Crippen LogP contribution in [-0.2, 0) is 0 Å². The van der Waals surface area contributed by atoms with Crippen molar-refractivity contribution in [1.29, 1.82) is 0 Å². The highest BCUT2D eigenvalue weighted by Gasteiger charge is 2.16. The van der Waals surface area contributed by atoms with Gasteiger partial charge in [-0.1, -0.05) is 19.3 Å². The van der Waals surface area contributed by atoms with E-state index in [1.807, 2.05) is 35.9 Å². The second kappa shape index (κ2) is 5.03. The van der Waals surface area contributed by atoms with Crippen LogP contribution in [0.2, 0.25) is 0 Å². The van der Waals surface area contributed by atoms with Gasteiger partial charge in [-0.15, -0.1) is 0 Å². The number of fused-ring (bicyclic) bond motifs is 1. The molecule has 1 fully saturated rings. The average Bonchev–Trinajstić information content (AvgIpc) is 2.78. The second-order valence-electron chi connectivity index (χ2n) is 5.37. The fourth-order valence-electron chi connectivity index (χ4n) is 2.77. The number of nitrogens with one attached hydrogen (secondary N) is 1. The maximum absolute atomic E-state index is 12.2. The molecule has 2 aromatic heterocycles. The molecule has 0 bridgehead atoms. The molecule has 0 unspecified atom stereocenters. The van der Waals surface area contributed by atoms with Crippen LogP contribution in [-0.4, -0.2) is 21.3 Å². The third kappa shape index (κ3) is 2.62. The highest BCUT2D eigenvalue weighted by molar-refractivity contribution is 5.95. The Bertz CT molecular complexity index is 596. The Morgan fingerprint density at radius 3 is 2.95 bits per heavy atom. The van der Waals surface area contributed by atoms with E-state index in [2.05, 4.69) is 10.3 Å². The van der Waals surface area contributed by atoms with Gasteiger partial charge in [0.2, 0.25) is 0 Å². The number of nitrogens with zero attached hydrogens (tertiary/aromatic N) is 2. The summed E-state index contributed by atoms with van der Waals surface area (Å²) in [6.45, 7) is 1.95. The number of pyridine rings is 1. The van der Waals surface area contributed by atoms with Crippen LogP contribution in [0.15, 0.2) is 24.5 Å². The zero-order valence-corrected chi connectivity index (χ0v) is 11.2. The molecule has 1 aliphatic carbocycles. The summed E-state index contributed by atoms with van der Waals surface area (Å²) in [4.78, 5) is 16.6. The zero-order chi connectivity index (χ0) is 13.2. The lowest BCUT2D eigenvalue weighted by molar-refractivity contribution is 0.0927. The number of amides is 1. The van der Waals surface area contributed by atoms with Gasteiger partial charge in [-0.3, -0.25) is 4.79 Å². The van der Waals surface area contributed by atoms with Crippen LogP contribution in [0.3, 0.4) is 0 Å². The van der Waals surface area contributed by atoms with Gasteiger partial charge in [-0.2, -0.15) is 0 Å². The third-order valence-electron chi connectivity index (χ3n) is 3.78. The molecule has 1 N–H and O–H groups in total. The van der Waals surface area contributed by atoms with Gasteiger partial charge in [0.05, 0.1) is 5.69 Å².